The Kier molecular flexibility index (Phi) is 3.85. The van der Waals surface area contributed by atoms with Crippen LogP contribution in [-0.2, 0) is 0 Å². The molecule has 2 aliphatic heterocycles. The number of rotatable bonds is 2. The maximum Gasteiger partial charge on any atom is 0.139 e. The Morgan fingerprint density at radius 2 is 2.00 bits per heavy atom. The molecule has 0 bridgehead atoms. The van der Waals surface area contributed by atoms with Crippen molar-refractivity contribution in [2.45, 2.75) is 37.6 Å². The Morgan fingerprint density at radius 1 is 1.04 bits per heavy atom. The molecule has 26 heavy (non-hydrogen) atoms. The number of anilines is 1. The van der Waals surface area contributed by atoms with Crippen molar-refractivity contribution in [1.29, 1.82) is 0 Å². The van der Waals surface area contributed by atoms with E-state index in [0.717, 1.165) is 36.4 Å². The molecule has 2 aliphatic rings. The van der Waals surface area contributed by atoms with Crippen molar-refractivity contribution in [1.82, 2.24) is 25.5 Å². The van der Waals surface area contributed by atoms with E-state index in [-0.39, 0.29) is 5.54 Å². The highest BCUT2D eigenvalue weighted by atomic mass is 15.2. The van der Waals surface area contributed by atoms with Crippen LogP contribution in [0.3, 0.4) is 0 Å². The molecule has 0 radical (unpaired) electrons. The van der Waals surface area contributed by atoms with Crippen molar-refractivity contribution in [3.63, 3.8) is 0 Å². The first-order valence-electron chi connectivity index (χ1n) is 9.58. The van der Waals surface area contributed by atoms with Crippen molar-refractivity contribution >= 4 is 16.7 Å². The highest BCUT2D eigenvalue weighted by Gasteiger charge is 2.36. The van der Waals surface area contributed by atoms with E-state index in [0.29, 0.717) is 0 Å². The molecule has 2 fully saturated rings. The van der Waals surface area contributed by atoms with Crippen LogP contribution in [-0.4, -0.2) is 45.3 Å². The molecule has 0 saturated carbocycles. The third kappa shape index (κ3) is 2.65. The lowest BCUT2D eigenvalue weighted by atomic mass is 9.81. The molecule has 3 aromatic rings. The number of hydrogen-bond acceptors (Lipinski definition) is 5. The summed E-state index contributed by atoms with van der Waals surface area (Å²) >= 11 is 0. The summed E-state index contributed by atoms with van der Waals surface area (Å²) in [4.78, 5) is 10.4. The standard InChI is InChI=1S/C20H24N6/c1-2-8-23-20(6-1)7-3-11-26(14-20)17-5-9-21-19-18(17)16(13-22-19)15-4-10-24-25-12-15/h4-5,9-10,12-13,23H,1-3,6-8,11,14H2,(H,21,22)/t20-/m0/s1. The average Bonchev–Trinajstić information content (AvgIpc) is 3.14. The molecule has 5 heterocycles. The second-order valence-corrected chi connectivity index (χ2v) is 7.58. The molecule has 3 aromatic heterocycles. The van der Waals surface area contributed by atoms with Crippen LogP contribution < -0.4 is 10.2 Å². The monoisotopic (exact) mass is 348 g/mol. The highest BCUT2D eigenvalue weighted by Crippen LogP contribution is 2.38. The molecule has 0 unspecified atom stereocenters. The van der Waals surface area contributed by atoms with Gasteiger partial charge in [0.2, 0.25) is 0 Å². The van der Waals surface area contributed by atoms with Crippen molar-refractivity contribution in [2.75, 3.05) is 24.5 Å². The van der Waals surface area contributed by atoms with E-state index < -0.39 is 0 Å². The van der Waals surface area contributed by atoms with Crippen LogP contribution in [0, 0.1) is 0 Å². The first kappa shape index (κ1) is 15.8. The van der Waals surface area contributed by atoms with Gasteiger partial charge in [0.05, 0.1) is 12.4 Å². The van der Waals surface area contributed by atoms with Crippen molar-refractivity contribution in [3.8, 4) is 11.1 Å². The van der Waals surface area contributed by atoms with E-state index in [9.17, 15) is 0 Å². The van der Waals surface area contributed by atoms with Crippen LogP contribution in [0.4, 0.5) is 5.69 Å². The van der Waals surface area contributed by atoms with Gasteiger partial charge in [-0.15, -0.1) is 0 Å². The second-order valence-electron chi connectivity index (χ2n) is 7.58. The molecule has 0 amide bonds. The molecule has 6 nitrogen and oxygen atoms in total. The molecular weight excluding hydrogens is 324 g/mol. The summed E-state index contributed by atoms with van der Waals surface area (Å²) in [5.74, 6) is 0. The summed E-state index contributed by atoms with van der Waals surface area (Å²) in [7, 11) is 0. The summed E-state index contributed by atoms with van der Waals surface area (Å²) in [5.41, 5.74) is 4.71. The van der Waals surface area contributed by atoms with Crippen LogP contribution >= 0.6 is 0 Å². The number of aromatic nitrogens is 4. The van der Waals surface area contributed by atoms with E-state index in [2.05, 4.69) is 36.4 Å². The highest BCUT2D eigenvalue weighted by molar-refractivity contribution is 6.02. The number of piperidine rings is 2. The van der Waals surface area contributed by atoms with Gasteiger partial charge in [0, 0.05) is 53.2 Å². The van der Waals surface area contributed by atoms with E-state index in [1.165, 1.54) is 43.2 Å². The van der Waals surface area contributed by atoms with Gasteiger partial charge in [-0.25, -0.2) is 4.98 Å². The number of aromatic amines is 1. The lowest BCUT2D eigenvalue weighted by molar-refractivity contribution is 0.216. The van der Waals surface area contributed by atoms with Crippen LogP contribution in [0.15, 0.2) is 36.9 Å². The maximum absolute atomic E-state index is 4.55. The minimum atomic E-state index is 0.279. The first-order valence-corrected chi connectivity index (χ1v) is 9.58. The molecule has 5 rings (SSSR count). The molecule has 1 atom stereocenters. The zero-order valence-electron chi connectivity index (χ0n) is 14.9. The molecule has 0 aliphatic carbocycles. The number of pyridine rings is 1. The third-order valence-electron chi connectivity index (χ3n) is 5.95. The largest absolute Gasteiger partial charge is 0.369 e. The van der Waals surface area contributed by atoms with Gasteiger partial charge in [-0.2, -0.15) is 10.2 Å². The minimum absolute atomic E-state index is 0.279. The first-order chi connectivity index (χ1) is 12.8. The van der Waals surface area contributed by atoms with Gasteiger partial charge >= 0.3 is 0 Å². The molecule has 1 spiro atoms. The fourth-order valence-corrected chi connectivity index (χ4v) is 4.70. The van der Waals surface area contributed by atoms with Crippen LogP contribution in [0.25, 0.3) is 22.2 Å². The van der Waals surface area contributed by atoms with Gasteiger partial charge in [0.1, 0.15) is 5.65 Å². The molecule has 6 heteroatoms. The Balaban J connectivity index is 1.57. The van der Waals surface area contributed by atoms with Gasteiger partial charge in [0.25, 0.3) is 0 Å². The van der Waals surface area contributed by atoms with Crippen molar-refractivity contribution in [3.05, 3.63) is 36.9 Å². The van der Waals surface area contributed by atoms with Gasteiger partial charge < -0.3 is 15.2 Å². The smallest absolute Gasteiger partial charge is 0.139 e. The zero-order valence-corrected chi connectivity index (χ0v) is 14.9. The van der Waals surface area contributed by atoms with Crippen molar-refractivity contribution < 1.29 is 0 Å². The summed E-state index contributed by atoms with van der Waals surface area (Å²) in [5, 5.41) is 13.0. The van der Waals surface area contributed by atoms with E-state index in [1.54, 1.807) is 6.20 Å². The Bertz CT molecular complexity index is 892. The fourth-order valence-electron chi connectivity index (χ4n) is 4.70. The number of hydrogen-bond donors (Lipinski definition) is 2. The summed E-state index contributed by atoms with van der Waals surface area (Å²) < 4.78 is 0. The number of nitrogens with one attached hydrogen (secondary N) is 2. The molecule has 2 N–H and O–H groups in total. The molecule has 0 aromatic carbocycles. The summed E-state index contributed by atoms with van der Waals surface area (Å²) in [6.45, 7) is 3.32. The van der Waals surface area contributed by atoms with E-state index in [4.69, 9.17) is 0 Å². The maximum atomic E-state index is 4.55. The third-order valence-corrected chi connectivity index (χ3v) is 5.95. The van der Waals surface area contributed by atoms with Crippen LogP contribution in [0.5, 0.6) is 0 Å². The normalized spacial score (nSPS) is 23.6. The zero-order chi connectivity index (χ0) is 17.4. The van der Waals surface area contributed by atoms with E-state index >= 15 is 0 Å². The topological polar surface area (TPSA) is 69.7 Å². The SMILES string of the molecule is c1cc(-c2c[nH]c3nccc(N4CCC[C@@]5(CCCCN5)C4)c23)cnn1. The lowest BCUT2D eigenvalue weighted by Gasteiger charge is -2.47. The molecule has 2 saturated heterocycles. The number of nitrogens with zero attached hydrogens (tertiary/aromatic N) is 4. The lowest BCUT2D eigenvalue weighted by Crippen LogP contribution is -2.59. The van der Waals surface area contributed by atoms with Gasteiger partial charge in [-0.05, 0) is 44.4 Å². The molecule has 134 valence electrons. The second kappa shape index (κ2) is 6.36. The fraction of sp³-hybridized carbons (Fsp3) is 0.450. The predicted octanol–water partition coefficient (Wildman–Crippen LogP) is 3.13. The van der Waals surface area contributed by atoms with Crippen LogP contribution in [0.1, 0.15) is 32.1 Å². The van der Waals surface area contributed by atoms with Gasteiger partial charge in [0.15, 0.2) is 0 Å². The molecular formula is C20H24N6. The van der Waals surface area contributed by atoms with Gasteiger partial charge in [-0.1, -0.05) is 6.42 Å². The summed E-state index contributed by atoms with van der Waals surface area (Å²) in [6, 6.07) is 4.17. The van der Waals surface area contributed by atoms with Crippen LogP contribution in [0.2, 0.25) is 0 Å². The average molecular weight is 348 g/mol. The Labute approximate surface area is 153 Å². The van der Waals surface area contributed by atoms with E-state index in [1.807, 2.05) is 24.7 Å². The minimum Gasteiger partial charge on any atom is -0.369 e. The van der Waals surface area contributed by atoms with Gasteiger partial charge in [-0.3, -0.25) is 0 Å². The summed E-state index contributed by atoms with van der Waals surface area (Å²) in [6.07, 6.45) is 14.0. The number of fused-ring (bicyclic) bond motifs is 1. The Morgan fingerprint density at radius 3 is 2.85 bits per heavy atom. The quantitative estimate of drug-likeness (QED) is 0.745. The Hall–Kier alpha value is -2.47. The predicted molar refractivity (Wildman–Crippen MR) is 103 cm³/mol. The van der Waals surface area contributed by atoms with Crippen molar-refractivity contribution in [2.24, 2.45) is 0 Å². The number of H-pyrrole nitrogens is 1.